The zero-order valence-corrected chi connectivity index (χ0v) is 16.5. The van der Waals surface area contributed by atoms with Crippen molar-refractivity contribution in [3.8, 4) is 5.75 Å². The Morgan fingerprint density at radius 2 is 1.59 bits per heavy atom. The average Bonchev–Trinajstić information content (AvgIpc) is 2.68. The molecule has 0 saturated heterocycles. The van der Waals surface area contributed by atoms with Gasteiger partial charge in [0.1, 0.15) is 12.3 Å². The molecular formula is C22H28N2O3. The number of ether oxygens (including phenoxy) is 1. The van der Waals surface area contributed by atoms with E-state index in [0.717, 1.165) is 41.0 Å². The van der Waals surface area contributed by atoms with Gasteiger partial charge in [-0.2, -0.15) is 0 Å². The minimum Gasteiger partial charge on any atom is -0.497 e. The molecule has 2 amide bonds. The second-order valence-corrected chi connectivity index (χ2v) is 6.43. The number of benzene rings is 2. The van der Waals surface area contributed by atoms with Crippen molar-refractivity contribution < 1.29 is 14.3 Å². The number of nitrogens with one attached hydrogen (secondary N) is 1. The number of aryl methyl sites for hydroxylation is 2. The fourth-order valence-corrected chi connectivity index (χ4v) is 2.99. The standard InChI is InChI=1S/C22H28N2O3/c1-5-18-8-7-9-19(6-2)22(18)23-21(26)15-24(16(3)25)14-17-10-12-20(27-4)13-11-17/h7-13H,5-6,14-15H2,1-4H3,(H,23,26). The fourth-order valence-electron chi connectivity index (χ4n) is 2.99. The summed E-state index contributed by atoms with van der Waals surface area (Å²) >= 11 is 0. The van der Waals surface area contributed by atoms with Gasteiger partial charge in [0, 0.05) is 19.2 Å². The van der Waals surface area contributed by atoms with E-state index >= 15 is 0 Å². The zero-order chi connectivity index (χ0) is 19.8. The molecule has 27 heavy (non-hydrogen) atoms. The lowest BCUT2D eigenvalue weighted by atomic mass is 10.0. The van der Waals surface area contributed by atoms with Crippen LogP contribution in [-0.4, -0.2) is 30.4 Å². The minimum absolute atomic E-state index is 0.0164. The van der Waals surface area contributed by atoms with Crippen molar-refractivity contribution in [2.45, 2.75) is 40.2 Å². The highest BCUT2D eigenvalue weighted by molar-refractivity contribution is 5.95. The summed E-state index contributed by atoms with van der Waals surface area (Å²) in [6, 6.07) is 13.5. The van der Waals surface area contributed by atoms with Crippen molar-refractivity contribution in [1.82, 2.24) is 4.90 Å². The van der Waals surface area contributed by atoms with E-state index in [1.54, 1.807) is 7.11 Å². The van der Waals surface area contributed by atoms with E-state index in [4.69, 9.17) is 4.74 Å². The third-order valence-electron chi connectivity index (χ3n) is 4.58. The van der Waals surface area contributed by atoms with Crippen molar-refractivity contribution in [1.29, 1.82) is 0 Å². The van der Waals surface area contributed by atoms with Crippen LogP contribution in [0.4, 0.5) is 5.69 Å². The molecule has 0 fully saturated rings. The first-order valence-corrected chi connectivity index (χ1v) is 9.27. The summed E-state index contributed by atoms with van der Waals surface area (Å²) in [4.78, 5) is 26.2. The number of carbonyl (C=O) groups excluding carboxylic acids is 2. The Bertz CT molecular complexity index is 762. The van der Waals surface area contributed by atoms with Crippen LogP contribution in [0, 0.1) is 0 Å². The molecule has 0 bridgehead atoms. The fraction of sp³-hybridized carbons (Fsp3) is 0.364. The summed E-state index contributed by atoms with van der Waals surface area (Å²) in [6.07, 6.45) is 1.68. The molecule has 2 aromatic carbocycles. The van der Waals surface area contributed by atoms with E-state index in [9.17, 15) is 9.59 Å². The maximum Gasteiger partial charge on any atom is 0.244 e. The van der Waals surface area contributed by atoms with E-state index in [1.807, 2.05) is 42.5 Å². The number of hydrogen-bond donors (Lipinski definition) is 1. The summed E-state index contributed by atoms with van der Waals surface area (Å²) in [5.41, 5.74) is 4.03. The Kier molecular flexibility index (Phi) is 7.41. The second kappa shape index (κ2) is 9.76. The van der Waals surface area contributed by atoms with Gasteiger partial charge in [0.05, 0.1) is 7.11 Å². The first-order chi connectivity index (χ1) is 13.0. The van der Waals surface area contributed by atoms with Crippen molar-refractivity contribution >= 4 is 17.5 Å². The Balaban J connectivity index is 2.10. The average molecular weight is 368 g/mol. The Morgan fingerprint density at radius 3 is 2.07 bits per heavy atom. The molecule has 0 aromatic heterocycles. The lowest BCUT2D eigenvalue weighted by Crippen LogP contribution is -2.36. The summed E-state index contributed by atoms with van der Waals surface area (Å²) in [7, 11) is 1.61. The Morgan fingerprint density at radius 1 is 1.00 bits per heavy atom. The molecule has 1 N–H and O–H groups in total. The second-order valence-electron chi connectivity index (χ2n) is 6.43. The number of methoxy groups -OCH3 is 1. The molecule has 0 saturated carbocycles. The van der Waals surface area contributed by atoms with Gasteiger partial charge in [0.15, 0.2) is 0 Å². The molecule has 0 aliphatic carbocycles. The Hall–Kier alpha value is -2.82. The first kappa shape index (κ1) is 20.5. The monoisotopic (exact) mass is 368 g/mol. The van der Waals surface area contributed by atoms with Gasteiger partial charge in [-0.3, -0.25) is 9.59 Å². The maximum absolute atomic E-state index is 12.6. The molecule has 0 aliphatic rings. The van der Waals surface area contributed by atoms with Gasteiger partial charge in [-0.15, -0.1) is 0 Å². The SMILES string of the molecule is CCc1cccc(CC)c1NC(=O)CN(Cc1ccc(OC)cc1)C(C)=O. The third kappa shape index (κ3) is 5.58. The molecule has 0 aliphatic heterocycles. The molecule has 2 aromatic rings. The zero-order valence-electron chi connectivity index (χ0n) is 16.5. The van der Waals surface area contributed by atoms with Crippen molar-refractivity contribution in [3.05, 3.63) is 59.2 Å². The molecule has 0 radical (unpaired) electrons. The van der Waals surface area contributed by atoms with Crippen molar-refractivity contribution in [2.75, 3.05) is 19.0 Å². The molecule has 0 heterocycles. The van der Waals surface area contributed by atoms with Gasteiger partial charge in [0.2, 0.25) is 11.8 Å². The van der Waals surface area contributed by atoms with Crippen LogP contribution in [0.25, 0.3) is 0 Å². The molecule has 0 unspecified atom stereocenters. The third-order valence-corrected chi connectivity index (χ3v) is 4.58. The van der Waals surface area contributed by atoms with Crippen LogP contribution in [0.3, 0.4) is 0 Å². The van der Waals surface area contributed by atoms with Gasteiger partial charge in [-0.1, -0.05) is 44.2 Å². The molecular weight excluding hydrogens is 340 g/mol. The summed E-state index contributed by atoms with van der Waals surface area (Å²) < 4.78 is 5.15. The van der Waals surface area contributed by atoms with E-state index < -0.39 is 0 Å². The molecule has 144 valence electrons. The summed E-state index contributed by atoms with van der Waals surface area (Å²) in [6.45, 7) is 6.01. The topological polar surface area (TPSA) is 58.6 Å². The lowest BCUT2D eigenvalue weighted by Gasteiger charge is -2.22. The highest BCUT2D eigenvalue weighted by Crippen LogP contribution is 2.22. The van der Waals surface area contributed by atoms with E-state index in [-0.39, 0.29) is 18.4 Å². The van der Waals surface area contributed by atoms with Gasteiger partial charge in [0.25, 0.3) is 0 Å². The maximum atomic E-state index is 12.6. The van der Waals surface area contributed by atoms with Gasteiger partial charge in [-0.05, 0) is 41.7 Å². The highest BCUT2D eigenvalue weighted by Gasteiger charge is 2.16. The first-order valence-electron chi connectivity index (χ1n) is 9.27. The number of para-hydroxylation sites is 1. The van der Waals surface area contributed by atoms with Gasteiger partial charge >= 0.3 is 0 Å². The molecule has 5 heteroatoms. The van der Waals surface area contributed by atoms with E-state index in [1.165, 1.54) is 11.8 Å². The van der Waals surface area contributed by atoms with Crippen LogP contribution in [-0.2, 0) is 29.0 Å². The van der Waals surface area contributed by atoms with Crippen molar-refractivity contribution in [3.63, 3.8) is 0 Å². The molecule has 0 atom stereocenters. The highest BCUT2D eigenvalue weighted by atomic mass is 16.5. The van der Waals surface area contributed by atoms with E-state index in [2.05, 4.69) is 19.2 Å². The quantitative estimate of drug-likeness (QED) is 0.771. The smallest absolute Gasteiger partial charge is 0.244 e. The predicted octanol–water partition coefficient (Wildman–Crippen LogP) is 3.81. The predicted molar refractivity (Wildman–Crippen MR) is 108 cm³/mol. The molecule has 0 spiro atoms. The van der Waals surface area contributed by atoms with Gasteiger partial charge in [-0.25, -0.2) is 0 Å². The van der Waals surface area contributed by atoms with Crippen LogP contribution in [0.1, 0.15) is 37.5 Å². The molecule has 5 nitrogen and oxygen atoms in total. The van der Waals surface area contributed by atoms with Crippen LogP contribution < -0.4 is 10.1 Å². The number of hydrogen-bond acceptors (Lipinski definition) is 3. The van der Waals surface area contributed by atoms with Crippen LogP contribution in [0.5, 0.6) is 5.75 Å². The normalized spacial score (nSPS) is 10.4. The van der Waals surface area contributed by atoms with E-state index in [0.29, 0.717) is 6.54 Å². The number of anilines is 1. The summed E-state index contributed by atoms with van der Waals surface area (Å²) in [5, 5.41) is 3.02. The van der Waals surface area contributed by atoms with Crippen LogP contribution in [0.15, 0.2) is 42.5 Å². The minimum atomic E-state index is -0.186. The summed E-state index contributed by atoms with van der Waals surface area (Å²) in [5.74, 6) is 0.434. The largest absolute Gasteiger partial charge is 0.497 e. The number of amides is 2. The molecule has 2 rings (SSSR count). The van der Waals surface area contributed by atoms with Crippen molar-refractivity contribution in [2.24, 2.45) is 0 Å². The number of nitrogens with zero attached hydrogens (tertiary/aromatic N) is 1. The van der Waals surface area contributed by atoms with Crippen LogP contribution >= 0.6 is 0 Å². The van der Waals surface area contributed by atoms with Gasteiger partial charge < -0.3 is 15.0 Å². The Labute approximate surface area is 161 Å². The number of carbonyl (C=O) groups is 2. The lowest BCUT2D eigenvalue weighted by molar-refractivity contribution is -0.133. The number of rotatable bonds is 8. The van der Waals surface area contributed by atoms with Crippen LogP contribution in [0.2, 0.25) is 0 Å².